The van der Waals surface area contributed by atoms with E-state index in [9.17, 15) is 13.2 Å². The largest absolute Gasteiger partial charge is 0.416 e. The van der Waals surface area contributed by atoms with E-state index < -0.39 is 17.8 Å². The van der Waals surface area contributed by atoms with Gasteiger partial charge in [0.15, 0.2) is 0 Å². The molecule has 23 heavy (non-hydrogen) atoms. The van der Waals surface area contributed by atoms with Crippen LogP contribution in [0.15, 0.2) is 53.5 Å². The van der Waals surface area contributed by atoms with Gasteiger partial charge in [0.2, 0.25) is 0 Å². The van der Waals surface area contributed by atoms with E-state index in [0.29, 0.717) is 17.8 Å². The summed E-state index contributed by atoms with van der Waals surface area (Å²) < 4.78 is 39.2. The average molecular weight is 320 g/mol. The van der Waals surface area contributed by atoms with Gasteiger partial charge in [-0.1, -0.05) is 30.3 Å². The minimum Gasteiger partial charge on any atom is -0.259 e. The lowest BCUT2D eigenvalue weighted by Crippen LogP contribution is -2.46. The van der Waals surface area contributed by atoms with E-state index in [-0.39, 0.29) is 0 Å². The fourth-order valence-corrected chi connectivity index (χ4v) is 2.69. The first-order valence-corrected chi connectivity index (χ1v) is 7.02. The summed E-state index contributed by atoms with van der Waals surface area (Å²) in [5, 5.41) is 1.64. The van der Waals surface area contributed by atoms with Crippen LogP contribution in [0, 0.1) is 0 Å². The Morgan fingerprint density at radius 2 is 1.87 bits per heavy atom. The van der Waals surface area contributed by atoms with Crippen molar-refractivity contribution in [3.63, 3.8) is 0 Å². The second-order valence-corrected chi connectivity index (χ2v) is 5.18. The van der Waals surface area contributed by atoms with Crippen molar-refractivity contribution in [2.24, 2.45) is 10.8 Å². The molecule has 0 bridgehead atoms. The summed E-state index contributed by atoms with van der Waals surface area (Å²) in [4.78, 5) is 4.25. The van der Waals surface area contributed by atoms with Crippen LogP contribution in [0.2, 0.25) is 0 Å². The zero-order valence-corrected chi connectivity index (χ0v) is 12.1. The summed E-state index contributed by atoms with van der Waals surface area (Å²) in [6.45, 7) is 0.367. The normalized spacial score (nSPS) is 18.5. The fourth-order valence-electron chi connectivity index (χ4n) is 2.69. The average Bonchev–Trinajstić information content (AvgIpc) is 2.73. The van der Waals surface area contributed by atoms with Crippen molar-refractivity contribution in [3.8, 4) is 0 Å². The maximum Gasteiger partial charge on any atom is 0.416 e. The van der Waals surface area contributed by atoms with Crippen LogP contribution in [-0.2, 0) is 6.18 Å². The van der Waals surface area contributed by atoms with E-state index in [0.717, 1.165) is 17.7 Å². The molecule has 1 heterocycles. The van der Waals surface area contributed by atoms with E-state index in [1.807, 2.05) is 30.3 Å². The van der Waals surface area contributed by atoms with Gasteiger partial charge < -0.3 is 0 Å². The predicted molar refractivity (Wildman–Crippen MR) is 81.9 cm³/mol. The van der Waals surface area contributed by atoms with Gasteiger partial charge in [-0.05, 0) is 23.8 Å². The number of aliphatic imine (C=N–C) groups is 1. The second-order valence-electron chi connectivity index (χ2n) is 5.18. The molecule has 3 N–H and O–H groups in total. The molecule has 7 heteroatoms. The highest BCUT2D eigenvalue weighted by atomic mass is 19.4. The molecule has 3 rings (SSSR count). The van der Waals surface area contributed by atoms with Gasteiger partial charge in [0.05, 0.1) is 23.8 Å². The predicted octanol–water partition coefficient (Wildman–Crippen LogP) is 3.19. The molecule has 1 aliphatic rings. The molecule has 2 aromatic carbocycles. The Balaban J connectivity index is 2.18. The maximum absolute atomic E-state index is 13.1. The molecule has 0 radical (unpaired) electrons. The number of nitrogens with zero attached hydrogens (tertiary/aromatic N) is 2. The minimum atomic E-state index is -4.41. The number of nitrogens with two attached hydrogens (primary N) is 1. The van der Waals surface area contributed by atoms with Crippen molar-refractivity contribution in [3.05, 3.63) is 65.2 Å². The smallest absolute Gasteiger partial charge is 0.259 e. The molecule has 2 aromatic rings. The van der Waals surface area contributed by atoms with E-state index in [1.165, 1.54) is 6.07 Å². The number of hydrogen-bond donors (Lipinski definition) is 2. The zero-order valence-electron chi connectivity index (χ0n) is 12.1. The third-order valence-corrected chi connectivity index (χ3v) is 3.75. The first kappa shape index (κ1) is 15.7. The van der Waals surface area contributed by atoms with Crippen LogP contribution in [0.25, 0.3) is 0 Å². The molecule has 4 nitrogen and oxygen atoms in total. The van der Waals surface area contributed by atoms with Crippen molar-refractivity contribution in [2.75, 3.05) is 6.54 Å². The molecule has 0 fully saturated rings. The number of alkyl halides is 3. The second kappa shape index (κ2) is 6.11. The number of nitrogens with one attached hydrogen (secondary N) is 1. The van der Waals surface area contributed by atoms with E-state index in [2.05, 4.69) is 10.5 Å². The Kier molecular flexibility index (Phi) is 4.16. The molecule has 1 unspecified atom stereocenters. The van der Waals surface area contributed by atoms with Gasteiger partial charge in [0.25, 0.3) is 0 Å². The monoisotopic (exact) mass is 320 g/mol. The summed E-state index contributed by atoms with van der Waals surface area (Å²) >= 11 is 0. The molecule has 0 amide bonds. The molecule has 0 aliphatic carbocycles. The van der Waals surface area contributed by atoms with E-state index in [1.54, 1.807) is 11.2 Å². The lowest BCUT2D eigenvalue weighted by molar-refractivity contribution is -0.137. The third kappa shape index (κ3) is 3.12. The summed E-state index contributed by atoms with van der Waals surface area (Å²) in [6.07, 6.45) is -2.79. The highest BCUT2D eigenvalue weighted by molar-refractivity contribution is 5.69. The summed E-state index contributed by atoms with van der Waals surface area (Å²) in [7, 11) is 0. The number of fused-ring (bicyclic) bond motifs is 1. The van der Waals surface area contributed by atoms with Gasteiger partial charge in [-0.3, -0.25) is 10.8 Å². The quantitative estimate of drug-likeness (QED) is 0.660. The summed E-state index contributed by atoms with van der Waals surface area (Å²) in [6, 6.07) is 12.3. The van der Waals surface area contributed by atoms with Gasteiger partial charge in [-0.2, -0.15) is 18.7 Å². The minimum absolute atomic E-state index is 0.367. The first-order valence-electron chi connectivity index (χ1n) is 7.02. The SMILES string of the molecule is NNN1CC=Nc2ccc(C(F)(F)F)cc2C1c1ccccc1. The number of benzene rings is 2. The number of rotatable bonds is 2. The van der Waals surface area contributed by atoms with Crippen molar-refractivity contribution < 1.29 is 13.2 Å². The molecule has 0 saturated heterocycles. The molecule has 0 aromatic heterocycles. The Labute approximate surface area is 131 Å². The highest BCUT2D eigenvalue weighted by Crippen LogP contribution is 2.39. The number of hydrogen-bond acceptors (Lipinski definition) is 4. The van der Waals surface area contributed by atoms with Crippen LogP contribution < -0.4 is 11.4 Å². The molecular formula is C16H15F3N4. The van der Waals surface area contributed by atoms with Crippen molar-refractivity contribution in [1.82, 2.24) is 10.5 Å². The van der Waals surface area contributed by atoms with Crippen LogP contribution >= 0.6 is 0 Å². The van der Waals surface area contributed by atoms with Crippen molar-refractivity contribution >= 4 is 11.9 Å². The van der Waals surface area contributed by atoms with Crippen LogP contribution in [0.3, 0.4) is 0 Å². The summed E-state index contributed by atoms with van der Waals surface area (Å²) in [5.41, 5.74) is 3.64. The fraction of sp³-hybridized carbons (Fsp3) is 0.188. The maximum atomic E-state index is 13.1. The topological polar surface area (TPSA) is 53.6 Å². The highest BCUT2D eigenvalue weighted by Gasteiger charge is 2.33. The molecule has 0 spiro atoms. The Bertz CT molecular complexity index is 713. The lowest BCUT2D eigenvalue weighted by Gasteiger charge is -2.29. The molecular weight excluding hydrogens is 305 g/mol. The van der Waals surface area contributed by atoms with E-state index in [4.69, 9.17) is 5.84 Å². The van der Waals surface area contributed by atoms with Gasteiger partial charge >= 0.3 is 6.18 Å². The van der Waals surface area contributed by atoms with Crippen LogP contribution in [0.1, 0.15) is 22.7 Å². The first-order chi connectivity index (χ1) is 11.0. The Morgan fingerprint density at radius 1 is 1.13 bits per heavy atom. The standard InChI is InChI=1S/C16H15F3N4/c17-16(18,19)12-6-7-14-13(10-12)15(11-4-2-1-3-5-11)23(22-20)9-8-21-14/h1-8,10,15,22H,9,20H2. The molecule has 1 aliphatic heterocycles. The number of halogens is 3. The van der Waals surface area contributed by atoms with Crippen molar-refractivity contribution in [2.45, 2.75) is 12.2 Å². The van der Waals surface area contributed by atoms with E-state index >= 15 is 0 Å². The summed E-state index contributed by atoms with van der Waals surface area (Å²) in [5.74, 6) is 5.57. The zero-order chi connectivity index (χ0) is 16.4. The third-order valence-electron chi connectivity index (χ3n) is 3.75. The van der Waals surface area contributed by atoms with Gasteiger partial charge in [-0.25, -0.2) is 5.01 Å². The molecule has 120 valence electrons. The van der Waals surface area contributed by atoms with Crippen LogP contribution in [-0.4, -0.2) is 17.8 Å². The van der Waals surface area contributed by atoms with Gasteiger partial charge in [0.1, 0.15) is 0 Å². The van der Waals surface area contributed by atoms with Gasteiger partial charge in [-0.15, -0.1) is 0 Å². The van der Waals surface area contributed by atoms with Crippen molar-refractivity contribution in [1.29, 1.82) is 0 Å². The molecule has 1 atom stereocenters. The molecule has 0 saturated carbocycles. The lowest BCUT2D eigenvalue weighted by atomic mass is 9.95. The Morgan fingerprint density at radius 3 is 2.52 bits per heavy atom. The van der Waals surface area contributed by atoms with Crippen LogP contribution in [0.5, 0.6) is 0 Å². The Hall–Kier alpha value is -2.22. The van der Waals surface area contributed by atoms with Crippen LogP contribution in [0.4, 0.5) is 18.9 Å². The number of hydrazine groups is 2. The van der Waals surface area contributed by atoms with Gasteiger partial charge in [0, 0.05) is 11.8 Å².